The average Bonchev–Trinajstić information content (AvgIpc) is 3.06. The largest absolute Gasteiger partial charge is 0.505 e. The molecule has 0 unspecified atom stereocenters. The second kappa shape index (κ2) is 18.0. The molecule has 1 aromatic heterocycles. The molecule has 0 atom stereocenters. The Balaban J connectivity index is 1.51. The second-order valence-corrected chi connectivity index (χ2v) is 12.8. The number of aromatic nitrogens is 1. The summed E-state index contributed by atoms with van der Waals surface area (Å²) in [7, 11) is 0. The normalized spacial score (nSPS) is 14.8. The van der Waals surface area contributed by atoms with Crippen molar-refractivity contribution in [3.63, 3.8) is 0 Å². The number of benzene rings is 2. The molecule has 2 heterocycles. The molecule has 0 saturated heterocycles. The van der Waals surface area contributed by atoms with Crippen LogP contribution in [0.1, 0.15) is 46.5 Å². The number of aryl methyl sites for hydroxylation is 2. The summed E-state index contributed by atoms with van der Waals surface area (Å²) in [4.78, 5) is 34.4. The number of amides is 2. The summed E-state index contributed by atoms with van der Waals surface area (Å²) in [5.41, 5.74) is 5.23. The van der Waals surface area contributed by atoms with Crippen molar-refractivity contribution in [3.05, 3.63) is 76.1 Å². The van der Waals surface area contributed by atoms with Crippen LogP contribution in [0.15, 0.2) is 42.5 Å². The molecule has 1 aliphatic heterocycles. The standard InChI is InChI=1S/C36H49N5O8/c1-23-12-25(33(46)31(14-23)38-35(48)27(19-42)20-43)16-40-9-3-4-10-41(18-30-7-5-6-29(37-30)8-11-40)17-26-13-24(2)15-32(34(26)47)39-36(49)28(21-44)22-45/h5-7,12-15,27-28,42-47H,3-4,8-11,16-22H2,1-2H3,(H,38,48)(H,39,49). The quantitative estimate of drug-likeness (QED) is 0.130. The Hall–Kier alpha value is -4.11. The molecular weight excluding hydrogens is 630 g/mol. The zero-order valence-electron chi connectivity index (χ0n) is 28.2. The number of carbonyl (C=O) groups excluding carboxylic acids is 2. The minimum absolute atomic E-state index is 0.0530. The van der Waals surface area contributed by atoms with Crippen LogP contribution < -0.4 is 10.6 Å². The molecule has 3 aromatic rings. The minimum Gasteiger partial charge on any atom is -0.505 e. The van der Waals surface area contributed by atoms with Crippen molar-refractivity contribution in [2.45, 2.75) is 52.7 Å². The first-order valence-electron chi connectivity index (χ1n) is 16.6. The number of phenols is 2. The predicted octanol–water partition coefficient (Wildman–Crippen LogP) is 2.03. The van der Waals surface area contributed by atoms with E-state index in [0.717, 1.165) is 41.9 Å². The van der Waals surface area contributed by atoms with E-state index < -0.39 is 50.1 Å². The van der Waals surface area contributed by atoms with Crippen molar-refractivity contribution in [2.24, 2.45) is 11.8 Å². The lowest BCUT2D eigenvalue weighted by Gasteiger charge is -2.27. The Kier molecular flexibility index (Phi) is 13.9. The zero-order chi connectivity index (χ0) is 35.5. The molecule has 0 radical (unpaired) electrons. The number of aromatic hydroxyl groups is 2. The van der Waals surface area contributed by atoms with Gasteiger partial charge in [-0.1, -0.05) is 18.2 Å². The molecule has 13 heteroatoms. The summed E-state index contributed by atoms with van der Waals surface area (Å²) >= 11 is 0. The van der Waals surface area contributed by atoms with E-state index >= 15 is 0 Å². The summed E-state index contributed by atoms with van der Waals surface area (Å²) < 4.78 is 0. The maximum atomic E-state index is 12.5. The molecule has 4 rings (SSSR count). The molecule has 0 aliphatic carbocycles. The number of carbonyl (C=O) groups is 2. The Bertz CT molecular complexity index is 1580. The number of rotatable bonds is 12. The number of aliphatic hydroxyl groups excluding tert-OH is 4. The van der Waals surface area contributed by atoms with Gasteiger partial charge in [0.25, 0.3) is 0 Å². The highest BCUT2D eigenvalue weighted by Gasteiger charge is 2.22. The third kappa shape index (κ3) is 10.4. The molecule has 13 nitrogen and oxygen atoms in total. The van der Waals surface area contributed by atoms with Gasteiger partial charge in [-0.15, -0.1) is 0 Å². The molecule has 2 amide bonds. The van der Waals surface area contributed by atoms with Gasteiger partial charge in [-0.25, -0.2) is 0 Å². The van der Waals surface area contributed by atoms with Crippen LogP contribution in [0.4, 0.5) is 11.4 Å². The minimum atomic E-state index is -0.995. The first kappa shape index (κ1) is 37.7. The number of phenolic OH excluding ortho intramolecular Hbond substituents is 2. The Morgan fingerprint density at radius 2 is 1.18 bits per heavy atom. The lowest BCUT2D eigenvalue weighted by atomic mass is 10.1. The number of fused-ring (bicyclic) bond motifs is 2. The van der Waals surface area contributed by atoms with E-state index in [-0.39, 0.29) is 22.9 Å². The molecule has 8 N–H and O–H groups in total. The fourth-order valence-corrected chi connectivity index (χ4v) is 5.95. The monoisotopic (exact) mass is 679 g/mol. The highest BCUT2D eigenvalue weighted by atomic mass is 16.3. The van der Waals surface area contributed by atoms with E-state index in [4.69, 9.17) is 4.98 Å². The van der Waals surface area contributed by atoms with Gasteiger partial charge >= 0.3 is 0 Å². The van der Waals surface area contributed by atoms with Crippen LogP contribution in [0.25, 0.3) is 0 Å². The van der Waals surface area contributed by atoms with E-state index in [0.29, 0.717) is 50.3 Å². The molecule has 2 aromatic carbocycles. The van der Waals surface area contributed by atoms with Crippen molar-refractivity contribution in [1.29, 1.82) is 0 Å². The fourth-order valence-electron chi connectivity index (χ4n) is 5.95. The summed E-state index contributed by atoms with van der Waals surface area (Å²) in [6.07, 6.45) is 2.38. The van der Waals surface area contributed by atoms with Gasteiger partial charge in [-0.2, -0.15) is 0 Å². The highest BCUT2D eigenvalue weighted by Crippen LogP contribution is 2.33. The number of aliphatic hydroxyl groups is 4. The molecule has 2 bridgehead atoms. The van der Waals surface area contributed by atoms with E-state index in [9.17, 15) is 40.2 Å². The topological polar surface area (TPSA) is 199 Å². The highest BCUT2D eigenvalue weighted by molar-refractivity contribution is 5.95. The van der Waals surface area contributed by atoms with Crippen molar-refractivity contribution >= 4 is 23.2 Å². The van der Waals surface area contributed by atoms with Gasteiger partial charge in [-0.05, 0) is 75.2 Å². The number of hydrogen-bond donors (Lipinski definition) is 8. The number of nitrogens with zero attached hydrogens (tertiary/aromatic N) is 3. The van der Waals surface area contributed by atoms with Crippen molar-refractivity contribution in [3.8, 4) is 11.5 Å². The number of pyridine rings is 1. The van der Waals surface area contributed by atoms with E-state index in [1.165, 1.54) is 0 Å². The summed E-state index contributed by atoms with van der Waals surface area (Å²) in [5, 5.41) is 65.2. The van der Waals surface area contributed by atoms with Gasteiger partial charge in [0.2, 0.25) is 11.8 Å². The van der Waals surface area contributed by atoms with Crippen LogP contribution in [-0.2, 0) is 35.6 Å². The van der Waals surface area contributed by atoms with Crippen LogP contribution in [0.5, 0.6) is 11.5 Å². The number of anilines is 2. The molecular formula is C36H49N5O8. The molecule has 49 heavy (non-hydrogen) atoms. The van der Waals surface area contributed by atoms with Crippen molar-refractivity contribution in [2.75, 3.05) is 56.7 Å². The van der Waals surface area contributed by atoms with E-state index in [2.05, 4.69) is 20.4 Å². The van der Waals surface area contributed by atoms with Crippen LogP contribution in [0, 0.1) is 25.7 Å². The molecule has 266 valence electrons. The third-order valence-corrected chi connectivity index (χ3v) is 8.73. The first-order chi connectivity index (χ1) is 23.5. The van der Waals surface area contributed by atoms with Gasteiger partial charge in [0.1, 0.15) is 11.5 Å². The number of nitrogens with one attached hydrogen (secondary N) is 2. The van der Waals surface area contributed by atoms with Crippen LogP contribution in [0.3, 0.4) is 0 Å². The maximum absolute atomic E-state index is 12.5. The molecule has 0 saturated carbocycles. The summed E-state index contributed by atoms with van der Waals surface area (Å²) in [6, 6.07) is 13.0. The van der Waals surface area contributed by atoms with Gasteiger partial charge in [-0.3, -0.25) is 24.4 Å². The van der Waals surface area contributed by atoms with Crippen LogP contribution >= 0.6 is 0 Å². The van der Waals surface area contributed by atoms with Gasteiger partial charge in [0, 0.05) is 49.4 Å². The van der Waals surface area contributed by atoms with E-state index in [1.807, 2.05) is 44.2 Å². The molecule has 1 aliphatic rings. The lowest BCUT2D eigenvalue weighted by Crippen LogP contribution is -2.30. The summed E-state index contributed by atoms with van der Waals surface area (Å²) in [5.74, 6) is -3.25. The van der Waals surface area contributed by atoms with Gasteiger partial charge < -0.3 is 41.3 Å². The Morgan fingerprint density at radius 1 is 0.714 bits per heavy atom. The second-order valence-electron chi connectivity index (χ2n) is 12.8. The van der Waals surface area contributed by atoms with Crippen LogP contribution in [-0.4, -0.2) is 103 Å². The summed E-state index contributed by atoms with van der Waals surface area (Å²) in [6.45, 7) is 5.23. The Morgan fingerprint density at radius 3 is 1.69 bits per heavy atom. The van der Waals surface area contributed by atoms with Gasteiger partial charge in [0.05, 0.1) is 55.3 Å². The van der Waals surface area contributed by atoms with E-state index in [1.54, 1.807) is 12.1 Å². The Labute approximate surface area is 286 Å². The molecule has 0 spiro atoms. The first-order valence-corrected chi connectivity index (χ1v) is 16.6. The van der Waals surface area contributed by atoms with Gasteiger partial charge in [0.15, 0.2) is 0 Å². The average molecular weight is 680 g/mol. The van der Waals surface area contributed by atoms with Crippen LogP contribution in [0.2, 0.25) is 0 Å². The van der Waals surface area contributed by atoms with Crippen molar-refractivity contribution < 1.29 is 40.2 Å². The number of hydrogen-bond acceptors (Lipinski definition) is 11. The third-order valence-electron chi connectivity index (χ3n) is 8.73. The lowest BCUT2D eigenvalue weighted by molar-refractivity contribution is -0.123. The predicted molar refractivity (Wildman–Crippen MR) is 185 cm³/mol. The molecule has 0 fully saturated rings. The zero-order valence-corrected chi connectivity index (χ0v) is 28.2. The SMILES string of the molecule is Cc1cc(CN2CCCCN(Cc3cc(C)cc(NC(=O)C(CO)CO)c3O)Cc3cccc(n3)CC2)c(O)c(NC(=O)C(CO)CO)c1. The smallest absolute Gasteiger partial charge is 0.232 e. The fraction of sp³-hybridized carbons (Fsp3) is 0.472. The maximum Gasteiger partial charge on any atom is 0.232 e. The van der Waals surface area contributed by atoms with Crippen molar-refractivity contribution in [1.82, 2.24) is 14.8 Å².